The van der Waals surface area contributed by atoms with E-state index in [1.165, 1.54) is 0 Å². The van der Waals surface area contributed by atoms with Crippen LogP contribution in [0.2, 0.25) is 0 Å². The molecule has 0 saturated heterocycles. The first-order valence-electron chi connectivity index (χ1n) is 8.06. The highest BCUT2D eigenvalue weighted by Gasteiger charge is 2.09. The van der Waals surface area contributed by atoms with Gasteiger partial charge in [-0.15, -0.1) is 12.4 Å². The molecule has 1 amide bonds. The number of rotatable bonds is 6. The monoisotopic (exact) mass is 385 g/mol. The van der Waals surface area contributed by atoms with Crippen molar-refractivity contribution in [1.29, 1.82) is 0 Å². The first kappa shape index (κ1) is 20.2. The molecule has 0 aliphatic carbocycles. The van der Waals surface area contributed by atoms with Gasteiger partial charge in [-0.1, -0.05) is 12.1 Å². The largest absolute Gasteiger partial charge is 0.497 e. The molecule has 6 nitrogen and oxygen atoms in total. The number of halogens is 1. The van der Waals surface area contributed by atoms with Gasteiger partial charge in [0.25, 0.3) is 5.91 Å². The van der Waals surface area contributed by atoms with Gasteiger partial charge in [0.2, 0.25) is 5.88 Å². The lowest BCUT2D eigenvalue weighted by Gasteiger charge is -2.09. The summed E-state index contributed by atoms with van der Waals surface area (Å²) in [6.07, 6.45) is 1.64. The summed E-state index contributed by atoms with van der Waals surface area (Å²) in [5, 5.41) is 2.84. The zero-order chi connectivity index (χ0) is 18.4. The highest BCUT2D eigenvalue weighted by molar-refractivity contribution is 6.04. The van der Waals surface area contributed by atoms with E-state index in [1.807, 2.05) is 18.2 Å². The minimum atomic E-state index is -0.243. The number of hydrogen-bond donors (Lipinski definition) is 2. The van der Waals surface area contributed by atoms with Crippen molar-refractivity contribution in [2.75, 3.05) is 12.4 Å². The van der Waals surface area contributed by atoms with Crippen LogP contribution < -0.4 is 20.5 Å². The molecule has 3 rings (SSSR count). The van der Waals surface area contributed by atoms with Crippen LogP contribution in [0.4, 0.5) is 5.69 Å². The molecule has 0 unspecified atom stereocenters. The molecule has 27 heavy (non-hydrogen) atoms. The SMILES string of the molecule is COc1cccc(NC(=O)c2cccc(Oc3cc(CN)ccn3)c2)c1.Cl. The summed E-state index contributed by atoms with van der Waals surface area (Å²) in [7, 11) is 1.58. The lowest BCUT2D eigenvalue weighted by Crippen LogP contribution is -2.11. The molecule has 0 radical (unpaired) electrons. The number of nitrogens with one attached hydrogen (secondary N) is 1. The van der Waals surface area contributed by atoms with Crippen LogP contribution in [0.5, 0.6) is 17.4 Å². The van der Waals surface area contributed by atoms with Crippen LogP contribution in [-0.2, 0) is 6.54 Å². The summed E-state index contributed by atoms with van der Waals surface area (Å²) in [5.41, 5.74) is 7.67. The van der Waals surface area contributed by atoms with Crippen molar-refractivity contribution in [3.05, 3.63) is 78.0 Å². The van der Waals surface area contributed by atoms with E-state index in [-0.39, 0.29) is 18.3 Å². The Morgan fingerprint density at radius 1 is 1.07 bits per heavy atom. The average Bonchev–Trinajstić information content (AvgIpc) is 2.68. The fraction of sp³-hybridized carbons (Fsp3) is 0.100. The van der Waals surface area contributed by atoms with Crippen molar-refractivity contribution in [2.45, 2.75) is 6.54 Å². The van der Waals surface area contributed by atoms with Crippen LogP contribution in [0.1, 0.15) is 15.9 Å². The minimum absolute atomic E-state index is 0. The number of methoxy groups -OCH3 is 1. The second kappa shape index (κ2) is 9.56. The number of hydrogen-bond acceptors (Lipinski definition) is 5. The van der Waals surface area contributed by atoms with Gasteiger partial charge in [0.05, 0.1) is 7.11 Å². The standard InChI is InChI=1S/C20H19N3O3.ClH/c1-25-17-6-3-5-16(12-17)23-20(24)15-4-2-7-18(11-15)26-19-10-14(13-21)8-9-22-19;/h2-12H,13,21H2,1H3,(H,23,24);1H. The molecule has 0 saturated carbocycles. The highest BCUT2D eigenvalue weighted by atomic mass is 35.5. The van der Waals surface area contributed by atoms with E-state index < -0.39 is 0 Å². The number of anilines is 1. The first-order chi connectivity index (χ1) is 12.7. The number of pyridine rings is 1. The molecule has 0 bridgehead atoms. The van der Waals surface area contributed by atoms with Gasteiger partial charge in [-0.25, -0.2) is 4.98 Å². The van der Waals surface area contributed by atoms with Gasteiger partial charge in [-0.05, 0) is 42.0 Å². The number of ether oxygens (including phenoxy) is 2. The van der Waals surface area contributed by atoms with Crippen molar-refractivity contribution in [2.24, 2.45) is 5.73 Å². The van der Waals surface area contributed by atoms with Crippen LogP contribution >= 0.6 is 12.4 Å². The number of carbonyl (C=O) groups excluding carboxylic acids is 1. The Hall–Kier alpha value is -3.09. The number of amides is 1. The number of benzene rings is 2. The zero-order valence-electron chi connectivity index (χ0n) is 14.7. The molecule has 140 valence electrons. The third-order valence-electron chi connectivity index (χ3n) is 3.68. The van der Waals surface area contributed by atoms with E-state index in [0.717, 1.165) is 5.56 Å². The van der Waals surface area contributed by atoms with Gasteiger partial charge < -0.3 is 20.5 Å². The number of aromatic nitrogens is 1. The summed E-state index contributed by atoms with van der Waals surface area (Å²) in [6.45, 7) is 0.405. The van der Waals surface area contributed by atoms with E-state index in [1.54, 1.807) is 55.8 Å². The van der Waals surface area contributed by atoms with E-state index >= 15 is 0 Å². The fourth-order valence-electron chi connectivity index (χ4n) is 2.36. The Labute approximate surface area is 163 Å². The summed E-state index contributed by atoms with van der Waals surface area (Å²) in [4.78, 5) is 16.6. The van der Waals surface area contributed by atoms with E-state index in [4.69, 9.17) is 15.2 Å². The Morgan fingerprint density at radius 2 is 1.85 bits per heavy atom. The van der Waals surface area contributed by atoms with Gasteiger partial charge in [0.15, 0.2) is 0 Å². The van der Waals surface area contributed by atoms with Gasteiger partial charge >= 0.3 is 0 Å². The minimum Gasteiger partial charge on any atom is -0.497 e. The summed E-state index contributed by atoms with van der Waals surface area (Å²) in [6, 6.07) is 17.6. The third-order valence-corrected chi connectivity index (χ3v) is 3.68. The van der Waals surface area contributed by atoms with Gasteiger partial charge in [-0.2, -0.15) is 0 Å². The highest BCUT2D eigenvalue weighted by Crippen LogP contribution is 2.22. The smallest absolute Gasteiger partial charge is 0.255 e. The third kappa shape index (κ3) is 5.44. The molecule has 1 aromatic heterocycles. The fourth-order valence-corrected chi connectivity index (χ4v) is 2.36. The molecular weight excluding hydrogens is 366 g/mol. The molecule has 7 heteroatoms. The Kier molecular flexibility index (Phi) is 7.16. The predicted molar refractivity (Wildman–Crippen MR) is 107 cm³/mol. The normalized spacial score (nSPS) is 9.85. The van der Waals surface area contributed by atoms with Crippen LogP contribution in [-0.4, -0.2) is 18.0 Å². The van der Waals surface area contributed by atoms with Gasteiger partial charge in [0, 0.05) is 36.1 Å². The maximum absolute atomic E-state index is 12.5. The maximum atomic E-state index is 12.5. The lowest BCUT2D eigenvalue weighted by atomic mass is 10.2. The topological polar surface area (TPSA) is 86.5 Å². The summed E-state index contributed by atoms with van der Waals surface area (Å²) >= 11 is 0. The average molecular weight is 386 g/mol. The van der Waals surface area contributed by atoms with Crippen molar-refractivity contribution in [3.8, 4) is 17.4 Å². The quantitative estimate of drug-likeness (QED) is 0.669. The van der Waals surface area contributed by atoms with Crippen molar-refractivity contribution < 1.29 is 14.3 Å². The van der Waals surface area contributed by atoms with Gasteiger partial charge in [0.1, 0.15) is 11.5 Å². The van der Waals surface area contributed by atoms with E-state index in [0.29, 0.717) is 35.2 Å². The lowest BCUT2D eigenvalue weighted by molar-refractivity contribution is 0.102. The van der Waals surface area contributed by atoms with Gasteiger partial charge in [-0.3, -0.25) is 4.79 Å². The molecule has 0 aliphatic rings. The molecule has 0 aliphatic heterocycles. The van der Waals surface area contributed by atoms with E-state index in [9.17, 15) is 4.79 Å². The molecule has 1 heterocycles. The zero-order valence-corrected chi connectivity index (χ0v) is 15.5. The molecule has 3 aromatic rings. The second-order valence-electron chi connectivity index (χ2n) is 5.52. The molecule has 0 spiro atoms. The van der Waals surface area contributed by atoms with Crippen molar-refractivity contribution >= 4 is 24.0 Å². The number of nitrogens with two attached hydrogens (primary N) is 1. The van der Waals surface area contributed by atoms with E-state index in [2.05, 4.69) is 10.3 Å². The Morgan fingerprint density at radius 3 is 2.63 bits per heavy atom. The molecule has 2 aromatic carbocycles. The Bertz CT molecular complexity index is 918. The van der Waals surface area contributed by atoms with Crippen LogP contribution in [0.15, 0.2) is 66.9 Å². The summed E-state index contributed by atoms with van der Waals surface area (Å²) in [5.74, 6) is 1.38. The second-order valence-corrected chi connectivity index (χ2v) is 5.52. The molecule has 0 atom stereocenters. The number of nitrogens with zero attached hydrogens (tertiary/aromatic N) is 1. The number of carbonyl (C=O) groups is 1. The van der Waals surface area contributed by atoms with Crippen molar-refractivity contribution in [1.82, 2.24) is 4.98 Å². The molecular formula is C20H20ClN3O3. The van der Waals surface area contributed by atoms with Crippen molar-refractivity contribution in [3.63, 3.8) is 0 Å². The van der Waals surface area contributed by atoms with Crippen LogP contribution in [0.3, 0.4) is 0 Å². The maximum Gasteiger partial charge on any atom is 0.255 e. The van der Waals surface area contributed by atoms with Crippen LogP contribution in [0.25, 0.3) is 0 Å². The molecule has 3 N–H and O–H groups in total. The summed E-state index contributed by atoms with van der Waals surface area (Å²) < 4.78 is 10.9. The predicted octanol–water partition coefficient (Wildman–Crippen LogP) is 4.02. The first-order valence-corrected chi connectivity index (χ1v) is 8.06. The molecule has 0 fully saturated rings. The Balaban J connectivity index is 0.00000261. The van der Waals surface area contributed by atoms with Crippen LogP contribution in [0, 0.1) is 0 Å².